The van der Waals surface area contributed by atoms with Crippen LogP contribution in [0.3, 0.4) is 0 Å². The minimum absolute atomic E-state index is 0.0372. The lowest BCUT2D eigenvalue weighted by Gasteiger charge is -2.11. The summed E-state index contributed by atoms with van der Waals surface area (Å²) in [5.41, 5.74) is 1.47. The SMILES string of the molecule is CCOC(=O)c1c(CS(=O)(=O)c2ccccc2)n(C)c2cc(Br)c(O)c(Cn3ccnc3)c12. The van der Waals surface area contributed by atoms with E-state index < -0.39 is 21.6 Å². The van der Waals surface area contributed by atoms with E-state index in [1.807, 2.05) is 0 Å². The number of esters is 1. The Morgan fingerprint density at radius 3 is 2.61 bits per heavy atom. The van der Waals surface area contributed by atoms with Gasteiger partial charge in [0.25, 0.3) is 0 Å². The normalized spacial score (nSPS) is 11.7. The van der Waals surface area contributed by atoms with Crippen LogP contribution in [0.25, 0.3) is 10.9 Å². The fraction of sp³-hybridized carbons (Fsp3) is 0.217. The summed E-state index contributed by atoms with van der Waals surface area (Å²) in [5.74, 6) is -1.08. The van der Waals surface area contributed by atoms with E-state index in [1.165, 1.54) is 12.1 Å². The number of phenolic OH excluding ortho intramolecular Hbond substituents is 1. The van der Waals surface area contributed by atoms with Crippen molar-refractivity contribution in [2.24, 2.45) is 7.05 Å². The van der Waals surface area contributed by atoms with Crippen molar-refractivity contribution in [2.75, 3.05) is 6.61 Å². The number of sulfone groups is 1. The van der Waals surface area contributed by atoms with E-state index in [0.717, 1.165) is 0 Å². The van der Waals surface area contributed by atoms with Crippen LogP contribution in [-0.4, -0.2) is 40.2 Å². The molecule has 8 nitrogen and oxygen atoms in total. The quantitative estimate of drug-likeness (QED) is 0.361. The van der Waals surface area contributed by atoms with Gasteiger partial charge in [0.05, 0.1) is 45.7 Å². The van der Waals surface area contributed by atoms with Gasteiger partial charge >= 0.3 is 5.97 Å². The summed E-state index contributed by atoms with van der Waals surface area (Å²) in [6.07, 6.45) is 4.95. The number of aromatic nitrogens is 3. The van der Waals surface area contributed by atoms with E-state index in [2.05, 4.69) is 20.9 Å². The molecule has 172 valence electrons. The first kappa shape index (κ1) is 23.1. The van der Waals surface area contributed by atoms with Crippen molar-refractivity contribution in [3.05, 3.63) is 76.4 Å². The summed E-state index contributed by atoms with van der Waals surface area (Å²) in [4.78, 5) is 17.3. The smallest absolute Gasteiger partial charge is 0.340 e. The van der Waals surface area contributed by atoms with Gasteiger partial charge in [-0.05, 0) is 41.1 Å². The van der Waals surface area contributed by atoms with Crippen molar-refractivity contribution in [2.45, 2.75) is 24.1 Å². The standard InChI is InChI=1S/C23H22BrN3O5S/c1-3-32-23(29)21-19(13-33(30,31)15-7-5-4-6-8-15)26(2)18-11-17(24)22(28)16(20(18)21)12-27-10-9-25-14-27/h4-11,14,28H,3,12-13H2,1-2H3. The highest BCUT2D eigenvalue weighted by Crippen LogP contribution is 2.40. The lowest BCUT2D eigenvalue weighted by atomic mass is 10.0. The maximum atomic E-state index is 13.2. The molecular formula is C23H22BrN3O5S. The van der Waals surface area contributed by atoms with Gasteiger partial charge in [-0.15, -0.1) is 0 Å². The van der Waals surface area contributed by atoms with E-state index in [4.69, 9.17) is 4.74 Å². The molecule has 0 spiro atoms. The van der Waals surface area contributed by atoms with Gasteiger partial charge in [-0.3, -0.25) is 0 Å². The third-order valence-electron chi connectivity index (χ3n) is 5.45. The predicted octanol–water partition coefficient (Wildman–Crippen LogP) is 4.04. The molecule has 2 aromatic carbocycles. The second kappa shape index (κ2) is 9.03. The predicted molar refractivity (Wildman–Crippen MR) is 127 cm³/mol. The van der Waals surface area contributed by atoms with Gasteiger partial charge in [-0.2, -0.15) is 0 Å². The molecule has 0 aliphatic heterocycles. The first-order chi connectivity index (χ1) is 15.7. The Hall–Kier alpha value is -3.11. The molecule has 4 rings (SSSR count). The van der Waals surface area contributed by atoms with Gasteiger partial charge in [0.2, 0.25) is 0 Å². The Morgan fingerprint density at radius 1 is 1.24 bits per heavy atom. The molecule has 0 aliphatic rings. The first-order valence-electron chi connectivity index (χ1n) is 10.2. The molecule has 2 aromatic heterocycles. The Morgan fingerprint density at radius 2 is 1.97 bits per heavy atom. The fourth-order valence-corrected chi connectivity index (χ4v) is 5.77. The molecule has 1 N–H and O–H groups in total. The van der Waals surface area contributed by atoms with E-state index in [0.29, 0.717) is 20.9 Å². The van der Waals surface area contributed by atoms with Crippen LogP contribution >= 0.6 is 15.9 Å². The number of aromatic hydroxyl groups is 1. The van der Waals surface area contributed by atoms with E-state index in [1.54, 1.807) is 66.1 Å². The minimum Gasteiger partial charge on any atom is -0.506 e. The number of nitrogens with zero attached hydrogens (tertiary/aromatic N) is 3. The Balaban J connectivity index is 2.00. The molecule has 10 heteroatoms. The molecular weight excluding hydrogens is 510 g/mol. The Kier molecular flexibility index (Phi) is 6.31. The average Bonchev–Trinajstić information content (AvgIpc) is 3.39. The molecule has 0 atom stereocenters. The minimum atomic E-state index is -3.76. The summed E-state index contributed by atoms with van der Waals surface area (Å²) in [6.45, 7) is 2.03. The molecule has 33 heavy (non-hydrogen) atoms. The number of imidazole rings is 1. The van der Waals surface area contributed by atoms with Crippen LogP contribution in [0.4, 0.5) is 0 Å². The second-order valence-corrected chi connectivity index (χ2v) is 10.3. The van der Waals surface area contributed by atoms with Crippen molar-refractivity contribution in [1.82, 2.24) is 14.1 Å². The number of phenols is 1. The van der Waals surface area contributed by atoms with Crippen LogP contribution in [0.5, 0.6) is 5.75 Å². The topological polar surface area (TPSA) is 103 Å². The number of aryl methyl sites for hydroxylation is 1. The number of hydrogen-bond acceptors (Lipinski definition) is 6. The highest BCUT2D eigenvalue weighted by Gasteiger charge is 2.30. The van der Waals surface area contributed by atoms with Gasteiger partial charge in [0, 0.05) is 36.1 Å². The Labute approximate surface area is 199 Å². The number of carbonyl (C=O) groups excluding carboxylic acids is 1. The highest BCUT2D eigenvalue weighted by molar-refractivity contribution is 9.10. The van der Waals surface area contributed by atoms with Crippen LogP contribution in [0, 0.1) is 0 Å². The van der Waals surface area contributed by atoms with Crippen molar-refractivity contribution in [3.8, 4) is 5.75 Å². The monoisotopic (exact) mass is 531 g/mol. The van der Waals surface area contributed by atoms with Gasteiger partial charge in [0.1, 0.15) is 5.75 Å². The van der Waals surface area contributed by atoms with Crippen LogP contribution < -0.4 is 0 Å². The zero-order valence-electron chi connectivity index (χ0n) is 18.0. The maximum absolute atomic E-state index is 13.2. The lowest BCUT2D eigenvalue weighted by Crippen LogP contribution is -2.14. The third-order valence-corrected chi connectivity index (χ3v) is 7.70. The first-order valence-corrected chi connectivity index (χ1v) is 12.6. The molecule has 0 saturated carbocycles. The van der Waals surface area contributed by atoms with Crippen molar-refractivity contribution >= 4 is 42.6 Å². The van der Waals surface area contributed by atoms with Crippen molar-refractivity contribution < 1.29 is 23.1 Å². The molecule has 4 aromatic rings. The van der Waals surface area contributed by atoms with Gasteiger partial charge < -0.3 is 19.0 Å². The van der Waals surface area contributed by atoms with Crippen molar-refractivity contribution in [3.63, 3.8) is 0 Å². The average molecular weight is 532 g/mol. The van der Waals surface area contributed by atoms with Crippen LogP contribution in [-0.2, 0) is 33.9 Å². The van der Waals surface area contributed by atoms with Crippen LogP contribution in [0.15, 0.2) is 64.5 Å². The number of ether oxygens (including phenoxy) is 1. The third kappa shape index (κ3) is 4.28. The van der Waals surface area contributed by atoms with Gasteiger partial charge in [-0.1, -0.05) is 18.2 Å². The molecule has 0 aliphatic carbocycles. The largest absolute Gasteiger partial charge is 0.506 e. The van der Waals surface area contributed by atoms with Gasteiger partial charge in [0.15, 0.2) is 9.84 Å². The number of rotatable bonds is 7. The summed E-state index contributed by atoms with van der Waals surface area (Å²) in [7, 11) is -2.06. The van der Waals surface area contributed by atoms with E-state index in [-0.39, 0.29) is 35.1 Å². The van der Waals surface area contributed by atoms with Crippen molar-refractivity contribution in [1.29, 1.82) is 0 Å². The fourth-order valence-electron chi connectivity index (χ4n) is 3.88. The zero-order valence-corrected chi connectivity index (χ0v) is 20.4. The molecule has 2 heterocycles. The van der Waals surface area contributed by atoms with E-state index in [9.17, 15) is 18.3 Å². The number of fused-ring (bicyclic) bond motifs is 1. The molecule has 0 amide bonds. The lowest BCUT2D eigenvalue weighted by molar-refractivity contribution is 0.0527. The highest BCUT2D eigenvalue weighted by atomic mass is 79.9. The molecule has 0 radical (unpaired) electrons. The summed E-state index contributed by atoms with van der Waals surface area (Å²) in [5, 5.41) is 11.3. The molecule has 0 fully saturated rings. The summed E-state index contributed by atoms with van der Waals surface area (Å²) in [6, 6.07) is 9.76. The zero-order chi connectivity index (χ0) is 23.8. The number of halogens is 1. The van der Waals surface area contributed by atoms with E-state index >= 15 is 0 Å². The van der Waals surface area contributed by atoms with Crippen LogP contribution in [0.1, 0.15) is 28.5 Å². The molecule has 0 saturated heterocycles. The summed E-state index contributed by atoms with van der Waals surface area (Å²) >= 11 is 3.38. The molecule has 0 bridgehead atoms. The maximum Gasteiger partial charge on any atom is 0.340 e. The van der Waals surface area contributed by atoms with Crippen LogP contribution in [0.2, 0.25) is 0 Å². The second-order valence-electron chi connectivity index (χ2n) is 7.49. The number of benzene rings is 2. The van der Waals surface area contributed by atoms with Gasteiger partial charge in [-0.25, -0.2) is 18.2 Å². The Bertz CT molecular complexity index is 1430. The summed E-state index contributed by atoms with van der Waals surface area (Å²) < 4.78 is 35.6. The molecule has 0 unspecified atom stereocenters. The number of carbonyl (C=O) groups is 1. The number of hydrogen-bond donors (Lipinski definition) is 1.